The van der Waals surface area contributed by atoms with Gasteiger partial charge in [-0.15, -0.1) is 11.3 Å². The molecule has 2 unspecified atom stereocenters. The maximum Gasteiger partial charge on any atom is 0.320 e. The van der Waals surface area contributed by atoms with Gasteiger partial charge in [0.25, 0.3) is 0 Å². The normalized spacial score (nSPS) is 19.3. The smallest absolute Gasteiger partial charge is 0.320 e. The van der Waals surface area contributed by atoms with Gasteiger partial charge in [-0.3, -0.25) is 14.7 Å². The average Bonchev–Trinajstić information content (AvgIpc) is 3.25. The quantitative estimate of drug-likeness (QED) is 0.763. The number of hydrogen-bond acceptors (Lipinski definition) is 4. The van der Waals surface area contributed by atoms with Crippen LogP contribution in [0.5, 0.6) is 0 Å². The summed E-state index contributed by atoms with van der Waals surface area (Å²) in [6.45, 7) is 2.89. The van der Waals surface area contributed by atoms with E-state index < -0.39 is 12.0 Å². The summed E-state index contributed by atoms with van der Waals surface area (Å²) < 4.78 is 0. The van der Waals surface area contributed by atoms with Gasteiger partial charge in [0, 0.05) is 23.0 Å². The van der Waals surface area contributed by atoms with Crippen LogP contribution < -0.4 is 0 Å². The molecule has 1 aliphatic rings. The Hall–Kier alpha value is -2.24. The van der Waals surface area contributed by atoms with E-state index in [1.165, 1.54) is 10.4 Å². The molecule has 2 atom stereocenters. The van der Waals surface area contributed by atoms with Gasteiger partial charge < -0.3 is 5.11 Å². The first-order valence-electron chi connectivity index (χ1n) is 8.52. The number of likely N-dealkylation sites (tertiary alicyclic amines) is 1. The van der Waals surface area contributed by atoms with Crippen LogP contribution in [-0.4, -0.2) is 33.5 Å². The molecule has 0 spiro atoms. The highest BCUT2D eigenvalue weighted by Gasteiger charge is 2.38. The van der Waals surface area contributed by atoms with Crippen molar-refractivity contribution in [2.24, 2.45) is 0 Å². The number of aromatic nitrogens is 1. The Bertz CT molecular complexity index is 921. The van der Waals surface area contributed by atoms with Crippen molar-refractivity contribution < 1.29 is 9.90 Å². The van der Waals surface area contributed by atoms with Gasteiger partial charge in [0.15, 0.2) is 0 Å². The highest BCUT2D eigenvalue weighted by atomic mass is 32.1. The minimum absolute atomic E-state index is 0.0549. The zero-order chi connectivity index (χ0) is 17.4. The lowest BCUT2D eigenvalue weighted by Crippen LogP contribution is -2.39. The summed E-state index contributed by atoms with van der Waals surface area (Å²) in [5, 5.41) is 12.8. The van der Waals surface area contributed by atoms with Crippen LogP contribution in [0.1, 0.15) is 34.9 Å². The largest absolute Gasteiger partial charge is 0.480 e. The molecule has 0 radical (unpaired) electrons. The second kappa shape index (κ2) is 6.58. The molecule has 2 aromatic heterocycles. The first-order valence-corrected chi connectivity index (χ1v) is 9.40. The molecule has 1 saturated heterocycles. The molecule has 4 nitrogen and oxygen atoms in total. The van der Waals surface area contributed by atoms with Crippen LogP contribution in [0.3, 0.4) is 0 Å². The van der Waals surface area contributed by atoms with Crippen molar-refractivity contribution in [1.82, 2.24) is 9.88 Å². The van der Waals surface area contributed by atoms with Crippen molar-refractivity contribution in [3.05, 3.63) is 64.0 Å². The Morgan fingerprint density at radius 1 is 1.36 bits per heavy atom. The second-order valence-corrected chi connectivity index (χ2v) is 7.51. The molecule has 1 aliphatic heterocycles. The van der Waals surface area contributed by atoms with Crippen molar-refractivity contribution in [3.63, 3.8) is 0 Å². The number of pyridine rings is 1. The molecule has 0 bridgehead atoms. The van der Waals surface area contributed by atoms with Crippen LogP contribution in [0, 0.1) is 6.92 Å². The standard InChI is InChI=1S/C20H20N2O2S/c1-13-8-10-25-19(13)18(22-9-4-7-17(22)20(23)24)15-11-14-5-2-3-6-16(14)21-12-15/h2-3,5-6,8,10-12,17-18H,4,7,9H2,1H3,(H,23,24). The molecule has 5 heteroatoms. The third-order valence-electron chi connectivity index (χ3n) is 4.99. The number of fused-ring (bicyclic) bond motifs is 1. The van der Waals surface area contributed by atoms with Gasteiger partial charge in [0.05, 0.1) is 11.6 Å². The van der Waals surface area contributed by atoms with Gasteiger partial charge >= 0.3 is 5.97 Å². The topological polar surface area (TPSA) is 53.4 Å². The number of benzene rings is 1. The van der Waals surface area contributed by atoms with Gasteiger partial charge in [-0.1, -0.05) is 18.2 Å². The Kier molecular flexibility index (Phi) is 4.27. The summed E-state index contributed by atoms with van der Waals surface area (Å²) in [5.41, 5.74) is 3.24. The number of thiophene rings is 1. The van der Waals surface area contributed by atoms with E-state index in [0.29, 0.717) is 6.42 Å². The minimum atomic E-state index is -0.731. The summed E-state index contributed by atoms with van der Waals surface area (Å²) in [7, 11) is 0. The molecule has 0 saturated carbocycles. The number of hydrogen-bond donors (Lipinski definition) is 1. The monoisotopic (exact) mass is 352 g/mol. The van der Waals surface area contributed by atoms with Crippen molar-refractivity contribution in [2.75, 3.05) is 6.54 Å². The van der Waals surface area contributed by atoms with E-state index in [1.54, 1.807) is 11.3 Å². The minimum Gasteiger partial charge on any atom is -0.480 e. The van der Waals surface area contributed by atoms with Gasteiger partial charge in [0.1, 0.15) is 6.04 Å². The predicted molar refractivity (Wildman–Crippen MR) is 100 cm³/mol. The number of carboxylic acid groups (broad SMARTS) is 1. The first kappa shape index (κ1) is 16.2. The molecule has 0 aliphatic carbocycles. The second-order valence-electron chi connectivity index (χ2n) is 6.57. The number of aliphatic carboxylic acids is 1. The fourth-order valence-electron chi connectivity index (χ4n) is 3.76. The Balaban J connectivity index is 1.85. The van der Waals surface area contributed by atoms with E-state index in [-0.39, 0.29) is 6.04 Å². The third-order valence-corrected chi connectivity index (χ3v) is 6.06. The SMILES string of the molecule is Cc1ccsc1C(c1cnc2ccccc2c1)N1CCCC1C(=O)O. The molecule has 1 aromatic carbocycles. The Morgan fingerprint density at radius 3 is 2.96 bits per heavy atom. The van der Waals surface area contributed by atoms with E-state index in [0.717, 1.165) is 29.4 Å². The van der Waals surface area contributed by atoms with Crippen LogP contribution in [0.25, 0.3) is 10.9 Å². The molecule has 25 heavy (non-hydrogen) atoms. The zero-order valence-electron chi connectivity index (χ0n) is 14.1. The summed E-state index contributed by atoms with van der Waals surface area (Å²) in [4.78, 5) is 19.7. The lowest BCUT2D eigenvalue weighted by Gasteiger charge is -2.31. The number of carboxylic acids is 1. The third kappa shape index (κ3) is 2.94. The Morgan fingerprint density at radius 2 is 2.20 bits per heavy atom. The number of aryl methyl sites for hydroxylation is 1. The van der Waals surface area contributed by atoms with Crippen LogP contribution in [0.4, 0.5) is 0 Å². The highest BCUT2D eigenvalue weighted by Crippen LogP contribution is 2.39. The van der Waals surface area contributed by atoms with Crippen LogP contribution in [0.15, 0.2) is 48.0 Å². The molecule has 3 aromatic rings. The van der Waals surface area contributed by atoms with Gasteiger partial charge in [-0.05, 0) is 54.5 Å². The summed E-state index contributed by atoms with van der Waals surface area (Å²) >= 11 is 1.70. The van der Waals surface area contributed by atoms with Crippen molar-refractivity contribution in [3.8, 4) is 0 Å². The zero-order valence-corrected chi connectivity index (χ0v) is 14.9. The van der Waals surface area contributed by atoms with E-state index >= 15 is 0 Å². The molecule has 1 fully saturated rings. The van der Waals surface area contributed by atoms with Crippen molar-refractivity contribution in [1.29, 1.82) is 0 Å². The fraction of sp³-hybridized carbons (Fsp3) is 0.300. The van der Waals surface area contributed by atoms with E-state index in [9.17, 15) is 9.90 Å². The lowest BCUT2D eigenvalue weighted by atomic mass is 10.00. The van der Waals surface area contributed by atoms with Gasteiger partial charge in [0.2, 0.25) is 0 Å². The average molecular weight is 352 g/mol. The maximum absolute atomic E-state index is 11.8. The molecule has 3 heterocycles. The Labute approximate surface area is 150 Å². The molecule has 128 valence electrons. The number of rotatable bonds is 4. The number of para-hydroxylation sites is 1. The van der Waals surface area contributed by atoms with Crippen molar-refractivity contribution >= 4 is 28.2 Å². The molecular weight excluding hydrogens is 332 g/mol. The van der Waals surface area contributed by atoms with Gasteiger partial charge in [-0.2, -0.15) is 0 Å². The summed E-state index contributed by atoms with van der Waals surface area (Å²) in [6, 6.07) is 11.8. The first-order chi connectivity index (χ1) is 12.1. The molecular formula is C20H20N2O2S. The highest BCUT2D eigenvalue weighted by molar-refractivity contribution is 7.10. The maximum atomic E-state index is 11.8. The fourth-order valence-corrected chi connectivity index (χ4v) is 4.83. The molecule has 4 rings (SSSR count). The van der Waals surface area contributed by atoms with Crippen LogP contribution in [0.2, 0.25) is 0 Å². The lowest BCUT2D eigenvalue weighted by molar-refractivity contribution is -0.142. The number of nitrogens with zero attached hydrogens (tertiary/aromatic N) is 2. The van der Waals surface area contributed by atoms with Crippen LogP contribution >= 0.6 is 11.3 Å². The summed E-state index contributed by atoms with van der Waals surface area (Å²) in [6.07, 6.45) is 3.53. The van der Waals surface area contributed by atoms with E-state index in [2.05, 4.69) is 40.4 Å². The predicted octanol–water partition coefficient (Wildman–Crippen LogP) is 4.24. The van der Waals surface area contributed by atoms with Crippen molar-refractivity contribution in [2.45, 2.75) is 31.8 Å². The summed E-state index contributed by atoms with van der Waals surface area (Å²) in [5.74, 6) is -0.731. The number of carbonyl (C=O) groups is 1. The molecule has 0 amide bonds. The van der Waals surface area contributed by atoms with Gasteiger partial charge in [-0.25, -0.2) is 0 Å². The van der Waals surface area contributed by atoms with E-state index in [1.807, 2.05) is 24.4 Å². The van der Waals surface area contributed by atoms with E-state index in [4.69, 9.17) is 0 Å². The van der Waals surface area contributed by atoms with Crippen LogP contribution in [-0.2, 0) is 4.79 Å². The molecule has 1 N–H and O–H groups in total.